The maximum absolute atomic E-state index is 12.0. The van der Waals surface area contributed by atoms with Crippen molar-refractivity contribution in [2.75, 3.05) is 17.2 Å². The summed E-state index contributed by atoms with van der Waals surface area (Å²) in [4.78, 5) is 23.6. The minimum absolute atomic E-state index is 0. The molecule has 0 bridgehead atoms. The van der Waals surface area contributed by atoms with E-state index in [1.165, 1.54) is 6.42 Å². The second-order valence-corrected chi connectivity index (χ2v) is 5.84. The van der Waals surface area contributed by atoms with E-state index in [0.29, 0.717) is 29.6 Å². The molecule has 0 aliphatic carbocycles. The van der Waals surface area contributed by atoms with Crippen LogP contribution in [-0.2, 0) is 9.59 Å². The number of fused-ring (bicyclic) bond motifs is 1. The van der Waals surface area contributed by atoms with Crippen molar-refractivity contribution >= 4 is 35.6 Å². The number of hydrogen-bond donors (Lipinski definition) is 3. The second-order valence-electron chi connectivity index (χ2n) is 5.84. The predicted octanol–water partition coefficient (Wildman–Crippen LogP) is 2.30. The maximum Gasteiger partial charge on any atom is 0.265 e. The van der Waals surface area contributed by atoms with E-state index < -0.39 is 6.10 Å². The maximum atomic E-state index is 12.0. The number of carbonyl (C=O) groups excluding carboxylic acids is 2. The van der Waals surface area contributed by atoms with Crippen LogP contribution < -0.4 is 20.7 Å². The molecular formula is C16H22ClN3O3. The van der Waals surface area contributed by atoms with Crippen LogP contribution in [0.5, 0.6) is 5.75 Å². The highest BCUT2D eigenvalue weighted by Crippen LogP contribution is 2.32. The highest BCUT2D eigenvalue weighted by molar-refractivity contribution is 5.99. The summed E-state index contributed by atoms with van der Waals surface area (Å²) in [6.07, 6.45) is 3.19. The fourth-order valence-corrected chi connectivity index (χ4v) is 2.82. The van der Waals surface area contributed by atoms with E-state index in [4.69, 9.17) is 4.74 Å². The summed E-state index contributed by atoms with van der Waals surface area (Å²) in [7, 11) is 0. The van der Waals surface area contributed by atoms with Gasteiger partial charge in [-0.1, -0.05) is 0 Å². The first-order valence-electron chi connectivity index (χ1n) is 7.76. The van der Waals surface area contributed by atoms with Crippen LogP contribution >= 0.6 is 12.4 Å². The molecule has 0 radical (unpaired) electrons. The predicted molar refractivity (Wildman–Crippen MR) is 91.3 cm³/mol. The number of halogens is 1. The Balaban J connectivity index is 0.00000192. The molecule has 1 aromatic carbocycles. The monoisotopic (exact) mass is 339 g/mol. The van der Waals surface area contributed by atoms with Gasteiger partial charge < -0.3 is 20.7 Å². The molecule has 2 unspecified atom stereocenters. The van der Waals surface area contributed by atoms with E-state index in [1.807, 2.05) is 0 Å². The van der Waals surface area contributed by atoms with Crippen LogP contribution in [-0.4, -0.2) is 30.5 Å². The van der Waals surface area contributed by atoms with E-state index in [2.05, 4.69) is 16.0 Å². The molecule has 2 atom stereocenters. The van der Waals surface area contributed by atoms with Gasteiger partial charge >= 0.3 is 0 Å². The van der Waals surface area contributed by atoms with Crippen molar-refractivity contribution in [3.05, 3.63) is 18.2 Å². The molecule has 2 heterocycles. The average molecular weight is 340 g/mol. The third-order valence-electron chi connectivity index (χ3n) is 4.08. The Hall–Kier alpha value is -1.79. The first-order chi connectivity index (χ1) is 10.6. The number of nitrogens with one attached hydrogen (secondary N) is 3. The molecule has 6 nitrogen and oxygen atoms in total. The van der Waals surface area contributed by atoms with Gasteiger partial charge in [-0.3, -0.25) is 9.59 Å². The first kappa shape index (κ1) is 17.6. The van der Waals surface area contributed by atoms with Gasteiger partial charge in [0.15, 0.2) is 6.10 Å². The summed E-state index contributed by atoms with van der Waals surface area (Å²) in [5.74, 6) is 0.439. The van der Waals surface area contributed by atoms with Gasteiger partial charge in [0.2, 0.25) is 5.91 Å². The molecule has 1 fully saturated rings. The number of benzene rings is 1. The number of carbonyl (C=O) groups is 2. The van der Waals surface area contributed by atoms with Crippen molar-refractivity contribution in [2.24, 2.45) is 0 Å². The molecule has 0 spiro atoms. The van der Waals surface area contributed by atoms with Gasteiger partial charge in [0.25, 0.3) is 5.91 Å². The van der Waals surface area contributed by atoms with Gasteiger partial charge in [0.1, 0.15) is 5.75 Å². The smallest absolute Gasteiger partial charge is 0.265 e. The molecule has 2 amide bonds. The third-order valence-corrected chi connectivity index (χ3v) is 4.08. The van der Waals surface area contributed by atoms with Gasteiger partial charge in [0, 0.05) is 18.2 Å². The Morgan fingerprint density at radius 1 is 1.43 bits per heavy atom. The lowest BCUT2D eigenvalue weighted by Crippen LogP contribution is -2.34. The minimum Gasteiger partial charge on any atom is -0.479 e. The quantitative estimate of drug-likeness (QED) is 0.786. The molecule has 3 N–H and O–H groups in total. The molecule has 3 rings (SSSR count). The van der Waals surface area contributed by atoms with Crippen LogP contribution in [0, 0.1) is 0 Å². The lowest BCUT2D eigenvalue weighted by Gasteiger charge is -2.23. The summed E-state index contributed by atoms with van der Waals surface area (Å²) in [6, 6.07) is 5.74. The largest absolute Gasteiger partial charge is 0.479 e. The molecule has 23 heavy (non-hydrogen) atoms. The van der Waals surface area contributed by atoms with Crippen molar-refractivity contribution in [1.82, 2.24) is 5.32 Å². The van der Waals surface area contributed by atoms with Gasteiger partial charge in [-0.15, -0.1) is 12.4 Å². The first-order valence-corrected chi connectivity index (χ1v) is 7.76. The van der Waals surface area contributed by atoms with Crippen LogP contribution in [0.2, 0.25) is 0 Å². The number of hydrogen-bond acceptors (Lipinski definition) is 4. The molecule has 7 heteroatoms. The summed E-state index contributed by atoms with van der Waals surface area (Å²) >= 11 is 0. The van der Waals surface area contributed by atoms with Gasteiger partial charge in [-0.25, -0.2) is 0 Å². The van der Waals surface area contributed by atoms with Gasteiger partial charge in [-0.05, 0) is 50.9 Å². The molecule has 1 saturated heterocycles. The summed E-state index contributed by atoms with van der Waals surface area (Å²) < 4.78 is 5.49. The van der Waals surface area contributed by atoms with Gasteiger partial charge in [0.05, 0.1) is 5.69 Å². The van der Waals surface area contributed by atoms with Gasteiger partial charge in [-0.2, -0.15) is 0 Å². The Morgan fingerprint density at radius 3 is 3.00 bits per heavy atom. The topological polar surface area (TPSA) is 79.5 Å². The van der Waals surface area contributed by atoms with E-state index >= 15 is 0 Å². The van der Waals surface area contributed by atoms with E-state index in [0.717, 1.165) is 19.4 Å². The van der Waals surface area contributed by atoms with Crippen LogP contribution in [0.4, 0.5) is 11.4 Å². The second kappa shape index (κ2) is 7.66. The Bertz CT molecular complexity index is 588. The van der Waals surface area contributed by atoms with Crippen LogP contribution in [0.15, 0.2) is 18.2 Å². The summed E-state index contributed by atoms with van der Waals surface area (Å²) in [6.45, 7) is 2.75. The van der Waals surface area contributed by atoms with Crippen molar-refractivity contribution < 1.29 is 14.3 Å². The standard InChI is InChI=1S/C16H21N3O3.ClH/c1-10-16(21)19-13-9-12(4-6-14(13)22-10)18-15(20)7-5-11-3-2-8-17-11;/h4,6,9-11,17H,2-3,5,7-8H2,1H3,(H,18,20)(H,19,21);1H. The molecule has 0 saturated carbocycles. The Labute approximate surface area is 141 Å². The number of amides is 2. The fraction of sp³-hybridized carbons (Fsp3) is 0.500. The zero-order valence-electron chi connectivity index (χ0n) is 13.1. The third kappa shape index (κ3) is 4.36. The lowest BCUT2D eigenvalue weighted by atomic mass is 10.1. The van der Waals surface area contributed by atoms with Crippen LogP contribution in [0.3, 0.4) is 0 Å². The number of anilines is 2. The highest BCUT2D eigenvalue weighted by atomic mass is 35.5. The average Bonchev–Trinajstić information content (AvgIpc) is 3.00. The Kier molecular flexibility index (Phi) is 5.85. The van der Waals surface area contributed by atoms with E-state index in [-0.39, 0.29) is 24.2 Å². The zero-order chi connectivity index (χ0) is 15.5. The Morgan fingerprint density at radius 2 is 2.26 bits per heavy atom. The fourth-order valence-electron chi connectivity index (χ4n) is 2.82. The van der Waals surface area contributed by atoms with Crippen LogP contribution in [0.1, 0.15) is 32.6 Å². The number of rotatable bonds is 4. The summed E-state index contributed by atoms with van der Waals surface area (Å²) in [5, 5.41) is 9.02. The highest BCUT2D eigenvalue weighted by Gasteiger charge is 2.23. The summed E-state index contributed by atoms with van der Waals surface area (Å²) in [5.41, 5.74) is 1.26. The van der Waals surface area contributed by atoms with Crippen molar-refractivity contribution in [3.63, 3.8) is 0 Å². The van der Waals surface area contributed by atoms with Crippen LogP contribution in [0.25, 0.3) is 0 Å². The van der Waals surface area contributed by atoms with E-state index in [9.17, 15) is 9.59 Å². The molecule has 2 aliphatic heterocycles. The molecule has 2 aliphatic rings. The van der Waals surface area contributed by atoms with E-state index in [1.54, 1.807) is 25.1 Å². The molecule has 1 aromatic rings. The zero-order valence-corrected chi connectivity index (χ0v) is 13.9. The molecule has 0 aromatic heterocycles. The van der Waals surface area contributed by atoms with Crippen molar-refractivity contribution in [2.45, 2.75) is 44.8 Å². The molecule has 126 valence electrons. The normalized spacial score (nSPS) is 22.4. The number of ether oxygens (including phenoxy) is 1. The lowest BCUT2D eigenvalue weighted by molar-refractivity contribution is -0.122. The minimum atomic E-state index is -0.494. The molecular weight excluding hydrogens is 318 g/mol. The van der Waals surface area contributed by atoms with Crippen molar-refractivity contribution in [1.29, 1.82) is 0 Å². The van der Waals surface area contributed by atoms with Crippen molar-refractivity contribution in [3.8, 4) is 5.75 Å². The SMILES string of the molecule is CC1Oc2ccc(NC(=O)CCC3CCCN3)cc2NC1=O.Cl.